The lowest BCUT2D eigenvalue weighted by molar-refractivity contribution is -0.120. The molecule has 5 nitrogen and oxygen atoms in total. The molecule has 0 aliphatic heterocycles. The molecule has 1 rings (SSSR count). The molecule has 0 spiro atoms. The maximum absolute atomic E-state index is 11.7. The van der Waals surface area contributed by atoms with Crippen LogP contribution in [0.4, 0.5) is 5.69 Å². The second kappa shape index (κ2) is 7.59. The molecule has 0 atom stereocenters. The van der Waals surface area contributed by atoms with Crippen LogP contribution in [0.2, 0.25) is 0 Å². The van der Waals surface area contributed by atoms with Crippen molar-refractivity contribution < 1.29 is 9.59 Å². The molecule has 0 radical (unpaired) electrons. The minimum Gasteiger partial charge on any atom is -0.355 e. The first-order chi connectivity index (χ1) is 9.43. The van der Waals surface area contributed by atoms with Crippen LogP contribution in [0.15, 0.2) is 24.3 Å². The van der Waals surface area contributed by atoms with Crippen LogP contribution >= 0.6 is 12.2 Å². The summed E-state index contributed by atoms with van der Waals surface area (Å²) in [5.41, 5.74) is 1.03. The van der Waals surface area contributed by atoms with Gasteiger partial charge in [0.1, 0.15) is 0 Å². The Hall–Kier alpha value is -1.95. The summed E-state index contributed by atoms with van der Waals surface area (Å²) in [7, 11) is 1.56. The molecule has 0 bridgehead atoms. The van der Waals surface area contributed by atoms with E-state index in [1.165, 1.54) is 0 Å². The molecule has 20 heavy (non-hydrogen) atoms. The van der Waals surface area contributed by atoms with Crippen LogP contribution in [-0.4, -0.2) is 24.0 Å². The molecule has 0 fully saturated rings. The monoisotopic (exact) mass is 293 g/mol. The van der Waals surface area contributed by atoms with Crippen molar-refractivity contribution in [1.82, 2.24) is 10.6 Å². The standard InChI is InChI=1S/C14H19N3O2S/c1-9(2)8-12(18)17-14(20)16-11-7-5-4-6-10(11)13(19)15-3/h4-7,9H,8H2,1-3H3,(H,15,19)(H2,16,17,18,20). The smallest absolute Gasteiger partial charge is 0.253 e. The number of rotatable bonds is 4. The predicted octanol–water partition coefficient (Wildman–Crippen LogP) is 1.91. The molecule has 0 heterocycles. The number of benzene rings is 1. The number of carbonyl (C=O) groups is 2. The number of thiocarbonyl (C=S) groups is 1. The summed E-state index contributed by atoms with van der Waals surface area (Å²) < 4.78 is 0. The lowest BCUT2D eigenvalue weighted by Crippen LogP contribution is -2.35. The molecule has 0 aliphatic rings. The summed E-state index contributed by atoms with van der Waals surface area (Å²) >= 11 is 5.07. The quantitative estimate of drug-likeness (QED) is 0.742. The van der Waals surface area contributed by atoms with E-state index >= 15 is 0 Å². The molecule has 2 amide bonds. The Morgan fingerprint density at radius 3 is 2.50 bits per heavy atom. The van der Waals surface area contributed by atoms with Crippen molar-refractivity contribution in [3.63, 3.8) is 0 Å². The fraction of sp³-hybridized carbons (Fsp3) is 0.357. The van der Waals surface area contributed by atoms with Crippen molar-refractivity contribution in [2.24, 2.45) is 5.92 Å². The molecule has 1 aromatic rings. The molecule has 6 heteroatoms. The Morgan fingerprint density at radius 1 is 1.25 bits per heavy atom. The normalized spacial score (nSPS) is 10.0. The summed E-state index contributed by atoms with van der Waals surface area (Å²) in [4.78, 5) is 23.3. The molecule has 0 saturated carbocycles. The lowest BCUT2D eigenvalue weighted by atomic mass is 10.1. The Bertz CT molecular complexity index is 515. The highest BCUT2D eigenvalue weighted by Gasteiger charge is 2.12. The maximum Gasteiger partial charge on any atom is 0.253 e. The van der Waals surface area contributed by atoms with E-state index in [-0.39, 0.29) is 22.8 Å². The van der Waals surface area contributed by atoms with Crippen molar-refractivity contribution in [3.05, 3.63) is 29.8 Å². The fourth-order valence-corrected chi connectivity index (χ4v) is 1.85. The Kier molecular flexibility index (Phi) is 6.11. The largest absolute Gasteiger partial charge is 0.355 e. The number of hydrogen-bond acceptors (Lipinski definition) is 3. The van der Waals surface area contributed by atoms with Crippen LogP contribution in [0.3, 0.4) is 0 Å². The Morgan fingerprint density at radius 2 is 1.90 bits per heavy atom. The van der Waals surface area contributed by atoms with E-state index in [1.807, 2.05) is 13.8 Å². The third-order valence-electron chi connectivity index (χ3n) is 2.49. The van der Waals surface area contributed by atoms with E-state index in [9.17, 15) is 9.59 Å². The van der Waals surface area contributed by atoms with Gasteiger partial charge >= 0.3 is 0 Å². The van der Waals surface area contributed by atoms with Crippen LogP contribution in [0, 0.1) is 5.92 Å². The second-order valence-corrected chi connectivity index (χ2v) is 5.13. The van der Waals surface area contributed by atoms with Crippen LogP contribution in [0.5, 0.6) is 0 Å². The number of carbonyl (C=O) groups excluding carboxylic acids is 2. The molecular formula is C14H19N3O2S. The van der Waals surface area contributed by atoms with Gasteiger partial charge in [-0.2, -0.15) is 0 Å². The van der Waals surface area contributed by atoms with Crippen molar-refractivity contribution in [2.75, 3.05) is 12.4 Å². The van der Waals surface area contributed by atoms with Gasteiger partial charge in [-0.25, -0.2) is 0 Å². The van der Waals surface area contributed by atoms with E-state index in [0.29, 0.717) is 17.7 Å². The maximum atomic E-state index is 11.7. The third-order valence-corrected chi connectivity index (χ3v) is 2.70. The van der Waals surface area contributed by atoms with Crippen molar-refractivity contribution in [3.8, 4) is 0 Å². The zero-order valence-corrected chi connectivity index (χ0v) is 12.6. The first-order valence-electron chi connectivity index (χ1n) is 6.36. The summed E-state index contributed by atoms with van der Waals surface area (Å²) in [5.74, 6) is -0.102. The number of anilines is 1. The van der Waals surface area contributed by atoms with E-state index in [0.717, 1.165) is 0 Å². The SMILES string of the molecule is CNC(=O)c1ccccc1NC(=S)NC(=O)CC(C)C. The summed E-state index contributed by atoms with van der Waals surface area (Å²) in [6, 6.07) is 6.95. The van der Waals surface area contributed by atoms with Crippen LogP contribution < -0.4 is 16.0 Å². The zero-order chi connectivity index (χ0) is 15.1. The highest BCUT2D eigenvalue weighted by Crippen LogP contribution is 2.14. The molecule has 1 aromatic carbocycles. The molecule has 0 aliphatic carbocycles. The van der Waals surface area contributed by atoms with Gasteiger partial charge < -0.3 is 16.0 Å². The first kappa shape index (κ1) is 16.1. The van der Waals surface area contributed by atoms with Gasteiger partial charge in [-0.15, -0.1) is 0 Å². The average molecular weight is 293 g/mol. The molecule has 108 valence electrons. The van der Waals surface area contributed by atoms with Crippen molar-refractivity contribution in [2.45, 2.75) is 20.3 Å². The third kappa shape index (κ3) is 4.97. The van der Waals surface area contributed by atoms with E-state index in [1.54, 1.807) is 31.3 Å². The van der Waals surface area contributed by atoms with E-state index in [2.05, 4.69) is 16.0 Å². The van der Waals surface area contributed by atoms with Crippen LogP contribution in [-0.2, 0) is 4.79 Å². The van der Waals surface area contributed by atoms with Crippen LogP contribution in [0.25, 0.3) is 0 Å². The van der Waals surface area contributed by atoms with Crippen LogP contribution in [0.1, 0.15) is 30.6 Å². The van der Waals surface area contributed by atoms with Gasteiger partial charge in [0, 0.05) is 13.5 Å². The minimum absolute atomic E-state index is 0.144. The predicted molar refractivity (Wildman–Crippen MR) is 83.7 cm³/mol. The fourth-order valence-electron chi connectivity index (χ4n) is 1.63. The minimum atomic E-state index is -0.218. The lowest BCUT2D eigenvalue weighted by Gasteiger charge is -2.13. The van der Waals surface area contributed by atoms with Crippen molar-refractivity contribution >= 4 is 34.8 Å². The summed E-state index contributed by atoms with van der Waals surface area (Å²) in [6.45, 7) is 3.91. The highest BCUT2D eigenvalue weighted by atomic mass is 32.1. The second-order valence-electron chi connectivity index (χ2n) is 4.72. The topological polar surface area (TPSA) is 70.2 Å². The Labute approximate surface area is 124 Å². The highest BCUT2D eigenvalue weighted by molar-refractivity contribution is 7.80. The van der Waals surface area contributed by atoms with Gasteiger partial charge in [-0.1, -0.05) is 26.0 Å². The summed E-state index contributed by atoms with van der Waals surface area (Å²) in [5, 5.41) is 8.20. The number of nitrogens with one attached hydrogen (secondary N) is 3. The van der Waals surface area contributed by atoms with E-state index < -0.39 is 0 Å². The van der Waals surface area contributed by atoms with Crippen molar-refractivity contribution in [1.29, 1.82) is 0 Å². The van der Waals surface area contributed by atoms with Gasteiger partial charge in [-0.05, 0) is 30.3 Å². The summed E-state index contributed by atoms with van der Waals surface area (Å²) in [6.07, 6.45) is 0.402. The number of hydrogen-bond donors (Lipinski definition) is 3. The molecule has 0 aromatic heterocycles. The molecular weight excluding hydrogens is 274 g/mol. The molecule has 3 N–H and O–H groups in total. The van der Waals surface area contributed by atoms with E-state index in [4.69, 9.17) is 12.2 Å². The van der Waals surface area contributed by atoms with Gasteiger partial charge in [-0.3, -0.25) is 9.59 Å². The van der Waals surface area contributed by atoms with Gasteiger partial charge in [0.15, 0.2) is 5.11 Å². The van der Waals surface area contributed by atoms with Gasteiger partial charge in [0.2, 0.25) is 5.91 Å². The zero-order valence-electron chi connectivity index (χ0n) is 11.8. The van der Waals surface area contributed by atoms with Gasteiger partial charge in [0.05, 0.1) is 11.3 Å². The number of para-hydroxylation sites is 1. The molecule has 0 unspecified atom stereocenters. The average Bonchev–Trinajstić information content (AvgIpc) is 2.37. The number of amides is 2. The van der Waals surface area contributed by atoms with Gasteiger partial charge in [0.25, 0.3) is 5.91 Å². The molecule has 0 saturated heterocycles. The Balaban J connectivity index is 2.71. The first-order valence-corrected chi connectivity index (χ1v) is 6.76.